The molecule has 0 atom stereocenters. The number of rotatable bonds is 7. The molecule has 0 aromatic heterocycles. The Morgan fingerprint density at radius 2 is 1.94 bits per heavy atom. The van der Waals surface area contributed by atoms with Gasteiger partial charge >= 0.3 is 0 Å². The van der Waals surface area contributed by atoms with Gasteiger partial charge in [-0.15, -0.1) is 0 Å². The van der Waals surface area contributed by atoms with Crippen LogP contribution >= 0.6 is 0 Å². The van der Waals surface area contributed by atoms with E-state index in [2.05, 4.69) is 26.8 Å². The Hall–Kier alpha value is -0.920. The fourth-order valence-electron chi connectivity index (χ4n) is 1.96. The molecule has 1 rings (SSSR count). The molecule has 0 fully saturated rings. The van der Waals surface area contributed by atoms with E-state index in [4.69, 9.17) is 9.47 Å². The van der Waals surface area contributed by atoms with Gasteiger partial charge in [0, 0.05) is 13.3 Å². The van der Waals surface area contributed by atoms with E-state index in [0.29, 0.717) is 0 Å². The minimum absolute atomic E-state index is 0.436. The Kier molecular flexibility index (Phi) is 5.60. The molecule has 1 aliphatic heterocycles. The summed E-state index contributed by atoms with van der Waals surface area (Å²) < 4.78 is 10.8. The number of hydrogen-bond acceptors (Lipinski definition) is 2. The molecule has 0 radical (unpaired) electrons. The van der Waals surface area contributed by atoms with Crippen molar-refractivity contribution in [2.24, 2.45) is 5.92 Å². The van der Waals surface area contributed by atoms with Crippen molar-refractivity contribution in [2.45, 2.75) is 65.6 Å². The predicted molar refractivity (Wildman–Crippen MR) is 71.4 cm³/mol. The molecule has 0 unspecified atom stereocenters. The third kappa shape index (κ3) is 5.81. The summed E-state index contributed by atoms with van der Waals surface area (Å²) in [5, 5.41) is 0. The summed E-state index contributed by atoms with van der Waals surface area (Å²) in [6.45, 7) is 8.76. The molecule has 0 bridgehead atoms. The van der Waals surface area contributed by atoms with Crippen molar-refractivity contribution in [1.29, 1.82) is 0 Å². The zero-order chi connectivity index (χ0) is 12.7. The Balaban J connectivity index is 2.15. The number of ether oxygens (including phenoxy) is 2. The molecule has 0 aliphatic carbocycles. The van der Waals surface area contributed by atoms with Gasteiger partial charge in [-0.05, 0) is 32.1 Å². The van der Waals surface area contributed by atoms with Gasteiger partial charge in [-0.3, -0.25) is 0 Å². The number of allylic oxidation sites excluding steroid dienone is 2. The van der Waals surface area contributed by atoms with Crippen LogP contribution in [0.25, 0.3) is 0 Å². The highest BCUT2D eigenvalue weighted by Gasteiger charge is 2.27. The summed E-state index contributed by atoms with van der Waals surface area (Å²) in [4.78, 5) is 0. The minimum Gasteiger partial charge on any atom is -0.457 e. The molecule has 0 aromatic rings. The summed E-state index contributed by atoms with van der Waals surface area (Å²) in [5.74, 6) is 0.377. The average molecular weight is 238 g/mol. The second-order valence-corrected chi connectivity index (χ2v) is 5.52. The first-order chi connectivity index (χ1) is 8.02. The average Bonchev–Trinajstić information content (AvgIpc) is 2.65. The van der Waals surface area contributed by atoms with Crippen LogP contribution in [0.5, 0.6) is 0 Å². The van der Waals surface area contributed by atoms with Crippen molar-refractivity contribution in [3.63, 3.8) is 0 Å². The van der Waals surface area contributed by atoms with E-state index in [1.54, 1.807) is 12.5 Å². The molecule has 1 aliphatic rings. The predicted octanol–water partition coefficient (Wildman–Crippen LogP) is 4.77. The third-order valence-electron chi connectivity index (χ3n) is 3.13. The largest absolute Gasteiger partial charge is 0.457 e. The molecule has 2 nitrogen and oxygen atoms in total. The topological polar surface area (TPSA) is 18.5 Å². The molecule has 0 amide bonds. The van der Waals surface area contributed by atoms with Crippen LogP contribution in [0.3, 0.4) is 0 Å². The molecule has 98 valence electrons. The van der Waals surface area contributed by atoms with Gasteiger partial charge in [-0.1, -0.05) is 31.9 Å². The Labute approximate surface area is 106 Å². The molecule has 1 heterocycles. The zero-order valence-corrected chi connectivity index (χ0v) is 11.7. The van der Waals surface area contributed by atoms with E-state index in [9.17, 15) is 0 Å². The highest BCUT2D eigenvalue weighted by atomic mass is 16.7. The standard InChI is InChI=1S/C15H26O2/c1-13(2)7-5-8-14(3)9-6-10-15(4)16-11-12-17-15/h9,11-13H,5-8,10H2,1-4H3/b14-9-. The maximum Gasteiger partial charge on any atom is 0.247 e. The van der Waals surface area contributed by atoms with Crippen LogP contribution < -0.4 is 0 Å². The van der Waals surface area contributed by atoms with Crippen LogP contribution in [0.2, 0.25) is 0 Å². The van der Waals surface area contributed by atoms with Gasteiger partial charge in [0.2, 0.25) is 5.79 Å². The van der Waals surface area contributed by atoms with Gasteiger partial charge in [-0.25, -0.2) is 0 Å². The van der Waals surface area contributed by atoms with E-state index in [1.165, 1.54) is 24.8 Å². The first kappa shape index (κ1) is 14.1. The van der Waals surface area contributed by atoms with E-state index in [0.717, 1.165) is 18.8 Å². The van der Waals surface area contributed by atoms with Gasteiger partial charge in [-0.2, -0.15) is 0 Å². The quantitative estimate of drug-likeness (QED) is 0.595. The van der Waals surface area contributed by atoms with E-state index >= 15 is 0 Å². The van der Waals surface area contributed by atoms with E-state index < -0.39 is 5.79 Å². The van der Waals surface area contributed by atoms with E-state index in [-0.39, 0.29) is 0 Å². The van der Waals surface area contributed by atoms with Crippen LogP contribution in [-0.4, -0.2) is 5.79 Å². The smallest absolute Gasteiger partial charge is 0.247 e. The lowest BCUT2D eigenvalue weighted by Crippen LogP contribution is -2.24. The van der Waals surface area contributed by atoms with Gasteiger partial charge in [0.1, 0.15) is 12.5 Å². The van der Waals surface area contributed by atoms with Gasteiger partial charge in [0.15, 0.2) is 0 Å². The van der Waals surface area contributed by atoms with Crippen molar-refractivity contribution in [3.05, 3.63) is 24.2 Å². The number of hydrogen-bond donors (Lipinski definition) is 0. The van der Waals surface area contributed by atoms with E-state index in [1.807, 2.05) is 6.92 Å². The maximum atomic E-state index is 5.40. The Morgan fingerprint density at radius 3 is 2.53 bits per heavy atom. The summed E-state index contributed by atoms with van der Waals surface area (Å²) >= 11 is 0. The van der Waals surface area contributed by atoms with Crippen LogP contribution in [0.4, 0.5) is 0 Å². The summed E-state index contributed by atoms with van der Waals surface area (Å²) in [7, 11) is 0. The van der Waals surface area contributed by atoms with Crippen LogP contribution in [-0.2, 0) is 9.47 Å². The Morgan fingerprint density at radius 1 is 1.29 bits per heavy atom. The summed E-state index contributed by atoms with van der Waals surface area (Å²) in [6.07, 6.45) is 11.3. The lowest BCUT2D eigenvalue weighted by molar-refractivity contribution is -0.129. The van der Waals surface area contributed by atoms with Crippen molar-refractivity contribution < 1.29 is 9.47 Å². The van der Waals surface area contributed by atoms with Gasteiger partial charge in [0.25, 0.3) is 0 Å². The van der Waals surface area contributed by atoms with Crippen LogP contribution in [0.1, 0.15) is 59.8 Å². The minimum atomic E-state index is -0.436. The molecule has 17 heavy (non-hydrogen) atoms. The van der Waals surface area contributed by atoms with Crippen LogP contribution in [0, 0.1) is 5.92 Å². The molecular weight excluding hydrogens is 212 g/mol. The fraction of sp³-hybridized carbons (Fsp3) is 0.733. The van der Waals surface area contributed by atoms with Gasteiger partial charge in [0.05, 0.1) is 0 Å². The monoisotopic (exact) mass is 238 g/mol. The van der Waals surface area contributed by atoms with Crippen LogP contribution in [0.15, 0.2) is 24.2 Å². The summed E-state index contributed by atoms with van der Waals surface area (Å²) in [5.41, 5.74) is 1.49. The van der Waals surface area contributed by atoms with Crippen molar-refractivity contribution in [1.82, 2.24) is 0 Å². The summed E-state index contributed by atoms with van der Waals surface area (Å²) in [6, 6.07) is 0. The maximum absolute atomic E-state index is 5.40. The van der Waals surface area contributed by atoms with Crippen molar-refractivity contribution >= 4 is 0 Å². The molecule has 0 saturated carbocycles. The van der Waals surface area contributed by atoms with Crippen molar-refractivity contribution in [3.8, 4) is 0 Å². The third-order valence-corrected chi connectivity index (χ3v) is 3.13. The lowest BCUT2D eigenvalue weighted by atomic mass is 10.0. The molecule has 0 aromatic carbocycles. The van der Waals surface area contributed by atoms with Crippen molar-refractivity contribution in [2.75, 3.05) is 0 Å². The second kappa shape index (κ2) is 6.73. The first-order valence-electron chi connectivity index (χ1n) is 6.68. The normalized spacial score (nSPS) is 18.3. The van der Waals surface area contributed by atoms with Gasteiger partial charge < -0.3 is 9.47 Å². The Bertz CT molecular complexity index is 269. The molecule has 0 saturated heterocycles. The fourth-order valence-corrected chi connectivity index (χ4v) is 1.96. The molecule has 2 heteroatoms. The lowest BCUT2D eigenvalue weighted by Gasteiger charge is -2.22. The highest BCUT2D eigenvalue weighted by Crippen LogP contribution is 2.25. The molecule has 0 spiro atoms. The molecular formula is C15H26O2. The SMILES string of the molecule is C/C(=C/CCC1(C)OC=CO1)CCCC(C)C. The molecule has 0 N–H and O–H groups in total. The highest BCUT2D eigenvalue weighted by molar-refractivity contribution is 4.98. The second-order valence-electron chi connectivity index (χ2n) is 5.52. The zero-order valence-electron chi connectivity index (χ0n) is 11.7. The first-order valence-corrected chi connectivity index (χ1v) is 6.68.